The van der Waals surface area contributed by atoms with Crippen molar-refractivity contribution in [3.63, 3.8) is 0 Å². The standard InChI is InChI=1S/C19H19BrN2O2S/c1-12-10-13(2)17-16(11-12)25-19(22(17)8-9-24-3)21-18(23)14-6-4-5-7-15(14)20/h4-7,10-11H,8-9H2,1-3H3. The Morgan fingerprint density at radius 2 is 2.04 bits per heavy atom. The summed E-state index contributed by atoms with van der Waals surface area (Å²) >= 11 is 4.96. The van der Waals surface area contributed by atoms with E-state index in [1.165, 1.54) is 22.5 Å². The van der Waals surface area contributed by atoms with Crippen molar-refractivity contribution in [3.8, 4) is 0 Å². The number of aryl methyl sites for hydroxylation is 2. The molecule has 0 N–H and O–H groups in total. The minimum atomic E-state index is -0.250. The molecule has 0 saturated carbocycles. The van der Waals surface area contributed by atoms with Crippen molar-refractivity contribution in [3.05, 3.63) is 62.4 Å². The van der Waals surface area contributed by atoms with Crippen LogP contribution in [0.1, 0.15) is 21.5 Å². The van der Waals surface area contributed by atoms with E-state index in [4.69, 9.17) is 4.74 Å². The molecule has 130 valence electrons. The van der Waals surface area contributed by atoms with Crippen molar-refractivity contribution >= 4 is 43.4 Å². The molecule has 0 spiro atoms. The Labute approximate surface area is 158 Å². The quantitative estimate of drug-likeness (QED) is 0.627. The van der Waals surface area contributed by atoms with Crippen molar-refractivity contribution in [2.75, 3.05) is 13.7 Å². The Bertz CT molecular complexity index is 1000. The molecule has 0 radical (unpaired) electrons. The Morgan fingerprint density at radius 3 is 2.76 bits per heavy atom. The number of halogens is 1. The Kier molecular flexibility index (Phi) is 5.51. The lowest BCUT2D eigenvalue weighted by molar-refractivity contribution is 0.0996. The van der Waals surface area contributed by atoms with E-state index in [0.717, 1.165) is 14.7 Å². The van der Waals surface area contributed by atoms with Crippen molar-refractivity contribution in [1.29, 1.82) is 0 Å². The third-order valence-electron chi connectivity index (χ3n) is 3.93. The van der Waals surface area contributed by atoms with Crippen LogP contribution < -0.4 is 4.80 Å². The lowest BCUT2D eigenvalue weighted by Crippen LogP contribution is -2.19. The zero-order valence-corrected chi connectivity index (χ0v) is 16.8. The van der Waals surface area contributed by atoms with Gasteiger partial charge < -0.3 is 9.30 Å². The maximum Gasteiger partial charge on any atom is 0.280 e. The molecule has 3 rings (SSSR count). The SMILES string of the molecule is COCCn1c(=NC(=O)c2ccccc2Br)sc2cc(C)cc(C)c21. The second-order valence-corrected chi connectivity index (χ2v) is 7.72. The lowest BCUT2D eigenvalue weighted by Gasteiger charge is -2.07. The number of rotatable bonds is 4. The molecule has 1 amide bonds. The number of hydrogen-bond donors (Lipinski definition) is 0. The summed E-state index contributed by atoms with van der Waals surface area (Å²) in [4.78, 5) is 17.8. The van der Waals surface area contributed by atoms with Gasteiger partial charge in [0, 0.05) is 18.1 Å². The summed E-state index contributed by atoms with van der Waals surface area (Å²) in [5.74, 6) is -0.250. The molecule has 2 aromatic carbocycles. The summed E-state index contributed by atoms with van der Waals surface area (Å²) in [5, 5.41) is 0. The molecule has 6 heteroatoms. The smallest absolute Gasteiger partial charge is 0.280 e. The van der Waals surface area contributed by atoms with Crippen LogP contribution in [0.15, 0.2) is 45.9 Å². The first-order valence-corrected chi connectivity index (χ1v) is 9.55. The normalized spacial score (nSPS) is 12.1. The first-order valence-electron chi connectivity index (χ1n) is 7.94. The largest absolute Gasteiger partial charge is 0.383 e. The molecule has 0 aliphatic heterocycles. The number of hydrogen-bond acceptors (Lipinski definition) is 3. The van der Waals surface area contributed by atoms with E-state index in [-0.39, 0.29) is 5.91 Å². The minimum Gasteiger partial charge on any atom is -0.383 e. The van der Waals surface area contributed by atoms with Crippen LogP contribution in [-0.2, 0) is 11.3 Å². The van der Waals surface area contributed by atoms with Crippen LogP contribution in [0.5, 0.6) is 0 Å². The minimum absolute atomic E-state index is 0.250. The third kappa shape index (κ3) is 3.76. The number of fused-ring (bicyclic) bond motifs is 1. The average molecular weight is 419 g/mol. The molecule has 3 aromatic rings. The van der Waals surface area contributed by atoms with E-state index < -0.39 is 0 Å². The molecule has 1 heterocycles. The van der Waals surface area contributed by atoms with Crippen LogP contribution in [-0.4, -0.2) is 24.2 Å². The molecule has 0 aliphatic carbocycles. The van der Waals surface area contributed by atoms with Gasteiger partial charge in [-0.05, 0) is 59.1 Å². The number of benzene rings is 2. The number of ether oxygens (including phenoxy) is 1. The van der Waals surface area contributed by atoms with E-state index >= 15 is 0 Å². The first-order chi connectivity index (χ1) is 12.0. The van der Waals surface area contributed by atoms with Gasteiger partial charge in [-0.3, -0.25) is 4.79 Å². The molecule has 0 fully saturated rings. The Hall–Kier alpha value is -1.76. The lowest BCUT2D eigenvalue weighted by atomic mass is 10.1. The van der Waals surface area contributed by atoms with Gasteiger partial charge in [0.05, 0.1) is 22.4 Å². The van der Waals surface area contributed by atoms with Crippen LogP contribution in [0.25, 0.3) is 10.2 Å². The number of methoxy groups -OCH3 is 1. The maximum absolute atomic E-state index is 12.7. The highest BCUT2D eigenvalue weighted by atomic mass is 79.9. The van der Waals surface area contributed by atoms with Crippen molar-refractivity contribution in [2.45, 2.75) is 20.4 Å². The summed E-state index contributed by atoms with van der Waals surface area (Å²) in [6.07, 6.45) is 0. The van der Waals surface area contributed by atoms with E-state index in [9.17, 15) is 4.79 Å². The highest BCUT2D eigenvalue weighted by Crippen LogP contribution is 2.23. The van der Waals surface area contributed by atoms with Crippen molar-refractivity contribution < 1.29 is 9.53 Å². The van der Waals surface area contributed by atoms with Crippen molar-refractivity contribution in [2.24, 2.45) is 4.99 Å². The Balaban J connectivity index is 2.19. The second-order valence-electron chi connectivity index (χ2n) is 5.85. The fourth-order valence-corrected chi connectivity index (χ4v) is 4.53. The number of thiazole rings is 1. The highest BCUT2D eigenvalue weighted by Gasteiger charge is 2.13. The zero-order valence-electron chi connectivity index (χ0n) is 14.4. The zero-order chi connectivity index (χ0) is 18.0. The van der Waals surface area contributed by atoms with Gasteiger partial charge in [0.2, 0.25) is 0 Å². The van der Waals surface area contributed by atoms with Crippen LogP contribution in [0.4, 0.5) is 0 Å². The maximum atomic E-state index is 12.7. The monoisotopic (exact) mass is 418 g/mol. The fraction of sp³-hybridized carbons (Fsp3) is 0.263. The first kappa shape index (κ1) is 18.0. The van der Waals surface area contributed by atoms with Gasteiger partial charge in [-0.1, -0.05) is 29.5 Å². The van der Waals surface area contributed by atoms with Gasteiger partial charge in [-0.25, -0.2) is 0 Å². The average Bonchev–Trinajstić information content (AvgIpc) is 2.90. The summed E-state index contributed by atoms with van der Waals surface area (Å²) in [6.45, 7) is 5.39. The van der Waals surface area contributed by atoms with E-state index in [1.807, 2.05) is 18.2 Å². The molecule has 4 nitrogen and oxygen atoms in total. The van der Waals surface area contributed by atoms with Crippen LogP contribution >= 0.6 is 27.3 Å². The molecule has 25 heavy (non-hydrogen) atoms. The van der Waals surface area contributed by atoms with Gasteiger partial charge >= 0.3 is 0 Å². The summed E-state index contributed by atoms with van der Waals surface area (Å²) in [6, 6.07) is 11.6. The molecule has 0 aliphatic rings. The number of nitrogens with zero attached hydrogens (tertiary/aromatic N) is 2. The molecular weight excluding hydrogens is 400 g/mol. The van der Waals surface area contributed by atoms with Crippen molar-refractivity contribution in [1.82, 2.24) is 4.57 Å². The van der Waals surface area contributed by atoms with Gasteiger partial charge in [-0.15, -0.1) is 0 Å². The molecule has 0 saturated heterocycles. The predicted molar refractivity (Wildman–Crippen MR) is 105 cm³/mol. The molecular formula is C19H19BrN2O2S. The third-order valence-corrected chi connectivity index (χ3v) is 5.65. The molecule has 0 bridgehead atoms. The highest BCUT2D eigenvalue weighted by molar-refractivity contribution is 9.10. The molecule has 0 unspecified atom stereocenters. The number of carbonyl (C=O) groups excluding carboxylic acids is 1. The van der Waals surface area contributed by atoms with Gasteiger partial charge in [0.25, 0.3) is 5.91 Å². The van der Waals surface area contributed by atoms with E-state index in [1.54, 1.807) is 13.2 Å². The van der Waals surface area contributed by atoms with Gasteiger partial charge in [-0.2, -0.15) is 4.99 Å². The van der Waals surface area contributed by atoms with Crippen LogP contribution in [0, 0.1) is 13.8 Å². The summed E-state index contributed by atoms with van der Waals surface area (Å²) in [5.41, 5.74) is 4.06. The Morgan fingerprint density at radius 1 is 1.28 bits per heavy atom. The number of aromatic nitrogens is 1. The van der Waals surface area contributed by atoms with E-state index in [0.29, 0.717) is 23.5 Å². The predicted octanol–water partition coefficient (Wildman–Crippen LogP) is 4.47. The molecule has 1 aromatic heterocycles. The summed E-state index contributed by atoms with van der Waals surface area (Å²) < 4.78 is 9.20. The topological polar surface area (TPSA) is 43.6 Å². The van der Waals surface area contributed by atoms with Crippen LogP contribution in [0.2, 0.25) is 0 Å². The van der Waals surface area contributed by atoms with E-state index in [2.05, 4.69) is 51.5 Å². The van der Waals surface area contributed by atoms with Gasteiger partial charge in [0.15, 0.2) is 4.80 Å². The fourth-order valence-electron chi connectivity index (χ4n) is 2.85. The second kappa shape index (κ2) is 7.64. The summed E-state index contributed by atoms with van der Waals surface area (Å²) in [7, 11) is 1.68. The number of carbonyl (C=O) groups is 1. The van der Waals surface area contributed by atoms with Gasteiger partial charge in [0.1, 0.15) is 0 Å². The van der Waals surface area contributed by atoms with Crippen LogP contribution in [0.3, 0.4) is 0 Å². The number of amides is 1. The molecule has 0 atom stereocenters.